The number of quaternary nitrogens is 1. The fourth-order valence-corrected chi connectivity index (χ4v) is 3.33. The molecule has 0 saturated heterocycles. The van der Waals surface area contributed by atoms with Crippen molar-refractivity contribution in [3.05, 3.63) is 0 Å². The molecule has 0 rings (SSSR count). The van der Waals surface area contributed by atoms with Gasteiger partial charge in [0.05, 0.1) is 19.6 Å². The highest BCUT2D eigenvalue weighted by atomic mass is 15.4. The summed E-state index contributed by atoms with van der Waals surface area (Å²) >= 11 is 0. The molecule has 0 radical (unpaired) electrons. The van der Waals surface area contributed by atoms with Crippen LogP contribution >= 0.6 is 0 Å². The summed E-state index contributed by atoms with van der Waals surface area (Å²) in [4.78, 5) is 0. The van der Waals surface area contributed by atoms with Gasteiger partial charge < -0.3 is 4.48 Å². The van der Waals surface area contributed by atoms with E-state index in [1.165, 1.54) is 24.1 Å². The monoisotopic (exact) mass is 271 g/mol. The summed E-state index contributed by atoms with van der Waals surface area (Å²) in [6, 6.07) is 0. The SMILES string of the molecule is CC(C)CNC[N+](CC(C)C)(CC(C)C)CC(C)C. The van der Waals surface area contributed by atoms with Crippen LogP contribution in [-0.4, -0.2) is 37.3 Å². The molecule has 2 nitrogen and oxygen atoms in total. The Bertz CT molecular complexity index is 193. The van der Waals surface area contributed by atoms with Crippen LogP contribution in [0.5, 0.6) is 0 Å². The Morgan fingerprint density at radius 2 is 1.00 bits per heavy atom. The van der Waals surface area contributed by atoms with Crippen LogP contribution in [-0.2, 0) is 0 Å². The van der Waals surface area contributed by atoms with E-state index in [2.05, 4.69) is 60.7 Å². The highest BCUT2D eigenvalue weighted by Gasteiger charge is 2.30. The van der Waals surface area contributed by atoms with Gasteiger partial charge in [0.25, 0.3) is 0 Å². The number of hydrogen-bond donors (Lipinski definition) is 1. The Labute approximate surface area is 122 Å². The fourth-order valence-electron chi connectivity index (χ4n) is 3.33. The normalized spacial score (nSPS) is 13.3. The second-order valence-corrected chi connectivity index (χ2v) is 8.08. The smallest absolute Gasteiger partial charge is 0.132 e. The highest BCUT2D eigenvalue weighted by molar-refractivity contribution is 4.56. The molecular weight excluding hydrogens is 232 g/mol. The second kappa shape index (κ2) is 8.97. The van der Waals surface area contributed by atoms with E-state index in [-0.39, 0.29) is 0 Å². The molecule has 0 unspecified atom stereocenters. The number of hydrogen-bond acceptors (Lipinski definition) is 1. The lowest BCUT2D eigenvalue weighted by atomic mass is 10.1. The van der Waals surface area contributed by atoms with Crippen LogP contribution in [0, 0.1) is 23.7 Å². The molecule has 19 heavy (non-hydrogen) atoms. The molecule has 0 aliphatic carbocycles. The Morgan fingerprint density at radius 1 is 0.632 bits per heavy atom. The van der Waals surface area contributed by atoms with Gasteiger partial charge in [-0.05, 0) is 5.92 Å². The summed E-state index contributed by atoms with van der Waals surface area (Å²) in [6.45, 7) is 24.9. The zero-order chi connectivity index (χ0) is 15.1. The van der Waals surface area contributed by atoms with E-state index in [9.17, 15) is 0 Å². The number of nitrogens with one attached hydrogen (secondary N) is 1. The molecule has 0 saturated carbocycles. The van der Waals surface area contributed by atoms with Crippen molar-refractivity contribution >= 4 is 0 Å². The van der Waals surface area contributed by atoms with E-state index >= 15 is 0 Å². The maximum atomic E-state index is 3.71. The molecule has 0 atom stereocenters. The average molecular weight is 272 g/mol. The Kier molecular flexibility index (Phi) is 8.93. The molecule has 0 spiro atoms. The summed E-state index contributed by atoms with van der Waals surface area (Å²) < 4.78 is 1.24. The quantitative estimate of drug-likeness (QED) is 0.468. The molecular formula is C17H39N2+. The van der Waals surface area contributed by atoms with Gasteiger partial charge in [-0.2, -0.15) is 0 Å². The van der Waals surface area contributed by atoms with Crippen LogP contribution in [0.4, 0.5) is 0 Å². The van der Waals surface area contributed by atoms with Crippen LogP contribution in [0.2, 0.25) is 0 Å². The van der Waals surface area contributed by atoms with Crippen LogP contribution in [0.15, 0.2) is 0 Å². The third-order valence-electron chi connectivity index (χ3n) is 3.26. The van der Waals surface area contributed by atoms with Crippen LogP contribution in [0.25, 0.3) is 0 Å². The molecule has 0 amide bonds. The van der Waals surface area contributed by atoms with Crippen molar-refractivity contribution < 1.29 is 4.48 Å². The Balaban J connectivity index is 4.77. The standard InChI is InChI=1S/C17H39N2/c1-14(2)9-18-13-19(10-15(3)4,11-16(5)6)12-17(7)8/h14-18H,9-13H2,1-8H3/q+1. The number of rotatable bonds is 10. The van der Waals surface area contributed by atoms with Crippen molar-refractivity contribution in [2.75, 3.05) is 32.8 Å². The lowest BCUT2D eigenvalue weighted by molar-refractivity contribution is -0.938. The largest absolute Gasteiger partial charge is 0.311 e. The van der Waals surface area contributed by atoms with Gasteiger partial charge in [-0.15, -0.1) is 0 Å². The third kappa shape index (κ3) is 9.45. The second-order valence-electron chi connectivity index (χ2n) is 8.08. The van der Waals surface area contributed by atoms with Crippen molar-refractivity contribution in [2.45, 2.75) is 55.4 Å². The minimum atomic E-state index is 0.735. The molecule has 1 N–H and O–H groups in total. The van der Waals surface area contributed by atoms with Gasteiger partial charge in [0.1, 0.15) is 6.67 Å². The molecule has 0 heterocycles. The topological polar surface area (TPSA) is 12.0 Å². The van der Waals surface area contributed by atoms with E-state index in [1.54, 1.807) is 0 Å². The average Bonchev–Trinajstić information content (AvgIpc) is 2.12. The summed E-state index contributed by atoms with van der Waals surface area (Å²) in [5.41, 5.74) is 0. The van der Waals surface area contributed by atoms with Crippen molar-refractivity contribution in [3.8, 4) is 0 Å². The van der Waals surface area contributed by atoms with Crippen LogP contribution in [0.3, 0.4) is 0 Å². The van der Waals surface area contributed by atoms with Crippen LogP contribution < -0.4 is 5.32 Å². The minimum absolute atomic E-state index is 0.735. The van der Waals surface area contributed by atoms with E-state index in [0.717, 1.165) is 36.9 Å². The lowest BCUT2D eigenvalue weighted by Crippen LogP contribution is -2.58. The minimum Gasteiger partial charge on any atom is -0.311 e. The van der Waals surface area contributed by atoms with Gasteiger partial charge in [-0.25, -0.2) is 0 Å². The molecule has 0 aromatic heterocycles. The predicted octanol–water partition coefficient (Wildman–Crippen LogP) is 3.97. The van der Waals surface area contributed by atoms with E-state index in [1.807, 2.05) is 0 Å². The predicted molar refractivity (Wildman–Crippen MR) is 87.1 cm³/mol. The summed E-state index contributed by atoms with van der Waals surface area (Å²) in [7, 11) is 0. The van der Waals surface area contributed by atoms with Gasteiger partial charge in [-0.3, -0.25) is 5.32 Å². The third-order valence-corrected chi connectivity index (χ3v) is 3.26. The lowest BCUT2D eigenvalue weighted by Gasteiger charge is -2.42. The van der Waals surface area contributed by atoms with Crippen molar-refractivity contribution in [2.24, 2.45) is 23.7 Å². The molecule has 0 aromatic rings. The van der Waals surface area contributed by atoms with Crippen molar-refractivity contribution in [1.29, 1.82) is 0 Å². The van der Waals surface area contributed by atoms with Crippen LogP contribution in [0.1, 0.15) is 55.4 Å². The first-order valence-corrected chi connectivity index (χ1v) is 8.22. The molecule has 0 bridgehead atoms. The molecule has 0 aromatic carbocycles. The van der Waals surface area contributed by atoms with Gasteiger partial charge >= 0.3 is 0 Å². The first-order valence-electron chi connectivity index (χ1n) is 8.22. The molecule has 2 heteroatoms. The van der Waals surface area contributed by atoms with Crippen molar-refractivity contribution in [1.82, 2.24) is 5.32 Å². The molecule has 116 valence electrons. The Morgan fingerprint density at radius 3 is 1.26 bits per heavy atom. The molecule has 0 aliphatic rings. The van der Waals surface area contributed by atoms with Gasteiger partial charge in [0.2, 0.25) is 0 Å². The van der Waals surface area contributed by atoms with Crippen molar-refractivity contribution in [3.63, 3.8) is 0 Å². The fraction of sp³-hybridized carbons (Fsp3) is 1.00. The number of nitrogens with zero attached hydrogens (tertiary/aromatic N) is 1. The van der Waals surface area contributed by atoms with E-state index in [0.29, 0.717) is 0 Å². The van der Waals surface area contributed by atoms with E-state index < -0.39 is 0 Å². The van der Waals surface area contributed by atoms with Gasteiger partial charge in [-0.1, -0.05) is 55.4 Å². The van der Waals surface area contributed by atoms with E-state index in [4.69, 9.17) is 0 Å². The Hall–Kier alpha value is -0.0800. The maximum absolute atomic E-state index is 3.71. The summed E-state index contributed by atoms with van der Waals surface area (Å²) in [5.74, 6) is 3.02. The summed E-state index contributed by atoms with van der Waals surface area (Å²) in [6.07, 6.45) is 0. The molecule has 0 fully saturated rings. The first kappa shape index (κ1) is 18.9. The highest BCUT2D eigenvalue weighted by Crippen LogP contribution is 2.17. The molecule has 0 aliphatic heterocycles. The van der Waals surface area contributed by atoms with Gasteiger partial charge in [0.15, 0.2) is 0 Å². The summed E-state index contributed by atoms with van der Waals surface area (Å²) in [5, 5.41) is 3.71. The first-order chi connectivity index (χ1) is 8.67. The maximum Gasteiger partial charge on any atom is 0.132 e. The van der Waals surface area contributed by atoms with Gasteiger partial charge in [0, 0.05) is 24.3 Å². The zero-order valence-electron chi connectivity index (χ0n) is 14.8. The zero-order valence-corrected chi connectivity index (χ0v) is 14.8.